The number of hydrazone groups is 1. The smallest absolute Gasteiger partial charge is 0.244 e. The minimum atomic E-state index is -0.0623. The van der Waals surface area contributed by atoms with Gasteiger partial charge in [-0.15, -0.1) is 0 Å². The van der Waals surface area contributed by atoms with E-state index in [0.29, 0.717) is 12.3 Å². The van der Waals surface area contributed by atoms with Crippen LogP contribution in [0.15, 0.2) is 29.4 Å². The second-order valence-electron chi connectivity index (χ2n) is 6.59. The van der Waals surface area contributed by atoms with Crippen molar-refractivity contribution in [3.05, 3.63) is 29.8 Å². The first-order valence-corrected chi connectivity index (χ1v) is 8.11. The topological polar surface area (TPSA) is 50.7 Å². The molecule has 0 spiro atoms. The molecule has 0 aromatic heterocycles. The van der Waals surface area contributed by atoms with Crippen LogP contribution in [-0.2, 0) is 11.2 Å². The number of carbonyl (C=O) groups excluding carboxylic acids is 1. The lowest BCUT2D eigenvalue weighted by Gasteiger charge is -2.21. The fourth-order valence-electron chi connectivity index (χ4n) is 3.96. The number of hydrogen-bond donors (Lipinski definition) is 1. The minimum Gasteiger partial charge on any atom is -0.497 e. The molecule has 118 valence electrons. The Labute approximate surface area is 131 Å². The number of rotatable bonds is 5. The molecular weight excluding hydrogens is 276 g/mol. The Kier molecular flexibility index (Phi) is 4.46. The summed E-state index contributed by atoms with van der Waals surface area (Å²) in [4.78, 5) is 12.0. The fraction of sp³-hybridized carbons (Fsp3) is 0.556. The Balaban J connectivity index is 1.51. The zero-order chi connectivity index (χ0) is 15.5. The van der Waals surface area contributed by atoms with E-state index in [0.717, 1.165) is 28.9 Å². The van der Waals surface area contributed by atoms with Gasteiger partial charge < -0.3 is 4.74 Å². The first-order chi connectivity index (χ1) is 10.7. The summed E-state index contributed by atoms with van der Waals surface area (Å²) >= 11 is 0. The van der Waals surface area contributed by atoms with Crippen LogP contribution in [0.1, 0.15) is 38.2 Å². The van der Waals surface area contributed by atoms with Crippen LogP contribution in [0.4, 0.5) is 0 Å². The summed E-state index contributed by atoms with van der Waals surface area (Å²) in [6.45, 7) is 2.05. The van der Waals surface area contributed by atoms with Gasteiger partial charge in [0, 0.05) is 11.6 Å². The van der Waals surface area contributed by atoms with Gasteiger partial charge in [0.25, 0.3) is 0 Å². The van der Waals surface area contributed by atoms with Crippen molar-refractivity contribution in [2.75, 3.05) is 7.11 Å². The molecular formula is C18H24N2O2. The molecule has 4 nitrogen and oxygen atoms in total. The number of hydrogen-bond acceptors (Lipinski definition) is 3. The predicted molar refractivity (Wildman–Crippen MR) is 86.9 cm³/mol. The molecule has 0 unspecified atom stereocenters. The highest BCUT2D eigenvalue weighted by atomic mass is 16.5. The third kappa shape index (κ3) is 3.32. The Morgan fingerprint density at radius 2 is 2.05 bits per heavy atom. The molecule has 2 saturated carbocycles. The molecule has 1 amide bonds. The predicted octanol–water partition coefficient (Wildman–Crippen LogP) is 3.17. The number of methoxy groups -OCH3 is 1. The number of ether oxygens (including phenoxy) is 1. The summed E-state index contributed by atoms with van der Waals surface area (Å²) in [7, 11) is 1.63. The molecule has 0 saturated heterocycles. The molecule has 2 aliphatic carbocycles. The van der Waals surface area contributed by atoms with E-state index in [-0.39, 0.29) is 5.91 Å². The number of fused-ring (bicyclic) bond motifs is 2. The van der Waals surface area contributed by atoms with Gasteiger partial charge in [-0.2, -0.15) is 5.10 Å². The average molecular weight is 300 g/mol. The van der Waals surface area contributed by atoms with E-state index >= 15 is 0 Å². The van der Waals surface area contributed by atoms with Crippen LogP contribution in [0, 0.1) is 17.8 Å². The molecule has 0 heterocycles. The minimum absolute atomic E-state index is 0.0623. The quantitative estimate of drug-likeness (QED) is 0.671. The summed E-state index contributed by atoms with van der Waals surface area (Å²) in [5, 5.41) is 4.35. The average Bonchev–Trinajstić information content (AvgIpc) is 3.16. The maximum atomic E-state index is 12.0. The van der Waals surface area contributed by atoms with Crippen LogP contribution in [0.2, 0.25) is 0 Å². The molecule has 1 N–H and O–H groups in total. The largest absolute Gasteiger partial charge is 0.497 e. The maximum absolute atomic E-state index is 12.0. The lowest BCUT2D eigenvalue weighted by atomic mass is 9.86. The molecule has 4 heteroatoms. The molecule has 1 aromatic carbocycles. The second-order valence-corrected chi connectivity index (χ2v) is 6.59. The van der Waals surface area contributed by atoms with Crippen LogP contribution in [0.5, 0.6) is 5.75 Å². The molecule has 0 radical (unpaired) electrons. The summed E-state index contributed by atoms with van der Waals surface area (Å²) in [6.07, 6.45) is 5.68. The first-order valence-electron chi connectivity index (χ1n) is 8.11. The van der Waals surface area contributed by atoms with Crippen molar-refractivity contribution >= 4 is 11.6 Å². The molecule has 2 bridgehead atoms. The summed E-state index contributed by atoms with van der Waals surface area (Å²) in [5.74, 6) is 3.02. The van der Waals surface area contributed by atoms with Gasteiger partial charge in [0.05, 0.1) is 13.5 Å². The molecule has 2 aliphatic rings. The van der Waals surface area contributed by atoms with Crippen molar-refractivity contribution in [1.29, 1.82) is 0 Å². The van der Waals surface area contributed by atoms with Gasteiger partial charge in [-0.05, 0) is 55.7 Å². The summed E-state index contributed by atoms with van der Waals surface area (Å²) < 4.78 is 5.11. The van der Waals surface area contributed by atoms with Crippen LogP contribution in [-0.4, -0.2) is 18.7 Å². The van der Waals surface area contributed by atoms with Crippen molar-refractivity contribution in [3.63, 3.8) is 0 Å². The highest BCUT2D eigenvalue weighted by molar-refractivity contribution is 5.87. The summed E-state index contributed by atoms with van der Waals surface area (Å²) in [5.41, 5.74) is 4.77. The lowest BCUT2D eigenvalue weighted by Crippen LogP contribution is -2.25. The van der Waals surface area contributed by atoms with Crippen molar-refractivity contribution in [2.24, 2.45) is 22.9 Å². The van der Waals surface area contributed by atoms with Gasteiger partial charge in [-0.25, -0.2) is 5.43 Å². The van der Waals surface area contributed by atoms with Crippen LogP contribution in [0.3, 0.4) is 0 Å². The normalized spacial score (nSPS) is 27.0. The van der Waals surface area contributed by atoms with Crippen molar-refractivity contribution in [1.82, 2.24) is 5.43 Å². The number of carbonyl (C=O) groups is 1. The standard InChI is InChI=1S/C18H24N2O2/c1-12(17-10-14-3-6-15(17)9-14)19-20-18(21)11-13-4-7-16(22-2)8-5-13/h4-5,7-8,14-15,17H,3,6,9-11H2,1-2H3,(H,20,21)/b19-12+/t14-,15+,17+/m0/s1. The number of nitrogens with one attached hydrogen (secondary N) is 1. The number of benzene rings is 1. The van der Waals surface area contributed by atoms with Gasteiger partial charge in [0.15, 0.2) is 0 Å². The molecule has 3 rings (SSSR count). The van der Waals surface area contributed by atoms with Gasteiger partial charge >= 0.3 is 0 Å². The van der Waals surface area contributed by atoms with Gasteiger partial charge in [0.2, 0.25) is 5.91 Å². The maximum Gasteiger partial charge on any atom is 0.244 e. The first kappa shape index (κ1) is 15.1. The Morgan fingerprint density at radius 1 is 1.27 bits per heavy atom. The third-order valence-corrected chi connectivity index (χ3v) is 5.16. The molecule has 2 fully saturated rings. The van der Waals surface area contributed by atoms with Gasteiger partial charge in [-0.3, -0.25) is 4.79 Å². The van der Waals surface area contributed by atoms with Gasteiger partial charge in [-0.1, -0.05) is 18.6 Å². The number of nitrogens with zero attached hydrogens (tertiary/aromatic N) is 1. The molecule has 3 atom stereocenters. The van der Waals surface area contributed by atoms with Crippen molar-refractivity contribution in [3.8, 4) is 5.75 Å². The second kappa shape index (κ2) is 6.51. The van der Waals surface area contributed by atoms with E-state index in [1.54, 1.807) is 7.11 Å². The highest BCUT2D eigenvalue weighted by Crippen LogP contribution is 2.48. The van der Waals surface area contributed by atoms with E-state index in [1.165, 1.54) is 25.7 Å². The lowest BCUT2D eigenvalue weighted by molar-refractivity contribution is -0.120. The zero-order valence-electron chi connectivity index (χ0n) is 13.3. The monoisotopic (exact) mass is 300 g/mol. The molecule has 22 heavy (non-hydrogen) atoms. The van der Waals surface area contributed by atoms with E-state index in [4.69, 9.17) is 4.74 Å². The van der Waals surface area contributed by atoms with Gasteiger partial charge in [0.1, 0.15) is 5.75 Å². The fourth-order valence-corrected chi connectivity index (χ4v) is 3.96. The zero-order valence-corrected chi connectivity index (χ0v) is 13.3. The molecule has 0 aliphatic heterocycles. The van der Waals surface area contributed by atoms with Crippen LogP contribution in [0.25, 0.3) is 0 Å². The van der Waals surface area contributed by atoms with Crippen LogP contribution < -0.4 is 10.2 Å². The van der Waals surface area contributed by atoms with E-state index < -0.39 is 0 Å². The third-order valence-electron chi connectivity index (χ3n) is 5.16. The van der Waals surface area contributed by atoms with E-state index in [9.17, 15) is 4.79 Å². The van der Waals surface area contributed by atoms with E-state index in [2.05, 4.69) is 17.5 Å². The van der Waals surface area contributed by atoms with Crippen LogP contribution >= 0.6 is 0 Å². The number of amides is 1. The highest BCUT2D eigenvalue weighted by Gasteiger charge is 2.40. The Morgan fingerprint density at radius 3 is 2.64 bits per heavy atom. The SMILES string of the molecule is COc1ccc(CC(=O)N/N=C(\C)[C@H]2C[C@H]3CC[C@@H]2C3)cc1. The summed E-state index contributed by atoms with van der Waals surface area (Å²) in [6, 6.07) is 7.55. The van der Waals surface area contributed by atoms with E-state index in [1.807, 2.05) is 24.3 Å². The Hall–Kier alpha value is -1.84. The molecule has 1 aromatic rings. The van der Waals surface area contributed by atoms with Crippen molar-refractivity contribution in [2.45, 2.75) is 39.0 Å². The Bertz CT molecular complexity index is 565. The van der Waals surface area contributed by atoms with Crippen molar-refractivity contribution < 1.29 is 9.53 Å².